The summed E-state index contributed by atoms with van der Waals surface area (Å²) >= 11 is 3.39. The van der Waals surface area contributed by atoms with Gasteiger partial charge < -0.3 is 14.2 Å². The highest BCUT2D eigenvalue weighted by molar-refractivity contribution is 9.10. The fourth-order valence-corrected chi connectivity index (χ4v) is 9.60. The second kappa shape index (κ2) is 17.8. The summed E-state index contributed by atoms with van der Waals surface area (Å²) < 4.78 is 133. The molecule has 0 aliphatic carbocycles. The molecule has 368 valence electrons. The van der Waals surface area contributed by atoms with Crippen LogP contribution in [0.2, 0.25) is 0 Å². The predicted octanol–water partition coefficient (Wildman–Crippen LogP) is 14.5. The summed E-state index contributed by atoms with van der Waals surface area (Å²) in [7, 11) is 0. The molecule has 19 heteroatoms. The Labute approximate surface area is 413 Å². The van der Waals surface area contributed by atoms with Crippen LogP contribution in [-0.4, -0.2) is 35.8 Å². The Morgan fingerprint density at radius 1 is 0.329 bits per heavy atom. The first-order valence-electron chi connectivity index (χ1n) is 21.4. The molecule has 8 aromatic rings. The maximum atomic E-state index is 14.7. The number of rotatable bonds is 2. The van der Waals surface area contributed by atoms with Crippen molar-refractivity contribution in [2.24, 2.45) is 0 Å². The van der Waals surface area contributed by atoms with Gasteiger partial charge in [0.2, 0.25) is 0 Å². The topological polar surface area (TPSA) is 130 Å². The van der Waals surface area contributed by atoms with Gasteiger partial charge in [0.25, 0.3) is 0 Å². The molecule has 11 rings (SSSR count). The molecule has 0 saturated heterocycles. The lowest BCUT2D eigenvalue weighted by Crippen LogP contribution is -2.19. The third-order valence-electron chi connectivity index (χ3n) is 12.4. The summed E-state index contributed by atoms with van der Waals surface area (Å²) in [6.07, 6.45) is -14.0. The van der Waals surface area contributed by atoms with E-state index in [1.807, 2.05) is 6.07 Å². The highest BCUT2D eigenvalue weighted by atomic mass is 79.9. The Bertz CT molecular complexity index is 3700. The zero-order valence-electron chi connectivity index (χ0n) is 37.4. The minimum atomic E-state index is -4.78. The van der Waals surface area contributed by atoms with E-state index in [0.29, 0.717) is 55.9 Å². The van der Waals surface area contributed by atoms with Gasteiger partial charge in [0.1, 0.15) is 0 Å². The lowest BCUT2D eigenvalue weighted by molar-refractivity contribution is -0.142. The normalized spacial score (nSPS) is 14.0. The van der Waals surface area contributed by atoms with E-state index in [1.165, 1.54) is 42.5 Å². The molecule has 3 heterocycles. The summed E-state index contributed by atoms with van der Waals surface area (Å²) in [6, 6.07) is 27.3. The monoisotopic (exact) mass is 1070 g/mol. The van der Waals surface area contributed by atoms with Crippen LogP contribution in [0.5, 0.6) is 0 Å². The fourth-order valence-electron chi connectivity index (χ4n) is 9.14. The van der Waals surface area contributed by atoms with Crippen molar-refractivity contribution in [2.75, 3.05) is 0 Å². The SMILES string of the molecule is Cc1cc(-c2ccc3c4c(cccc24)C(=O)OC3=O)c(C(F)(F)F)cc1-c1ccc2c3c(cccc13)C(=O)OC2=O.Cc1cc(C(F)(F)F)c(C)cc1C(F)(F)F.O=C1OC(=O)c2ccc(Br)c3cccc1c23. The van der Waals surface area contributed by atoms with Crippen molar-refractivity contribution in [1.29, 1.82) is 0 Å². The zero-order chi connectivity index (χ0) is 52.8. The van der Waals surface area contributed by atoms with Gasteiger partial charge in [0.05, 0.1) is 50.1 Å². The molecule has 0 radical (unpaired) electrons. The number of carbonyl (C=O) groups is 6. The third kappa shape index (κ3) is 8.76. The van der Waals surface area contributed by atoms with E-state index >= 15 is 0 Å². The van der Waals surface area contributed by atoms with Crippen LogP contribution in [0.3, 0.4) is 0 Å². The fraction of sp³-hybridized carbons (Fsp3) is 0.111. The molecule has 3 aliphatic rings. The van der Waals surface area contributed by atoms with Crippen molar-refractivity contribution in [2.45, 2.75) is 39.3 Å². The summed E-state index contributed by atoms with van der Waals surface area (Å²) in [5.41, 5.74) is -1.23. The first-order chi connectivity index (χ1) is 34.3. The first kappa shape index (κ1) is 49.8. The number of esters is 6. The molecule has 8 aromatic carbocycles. The quantitative estimate of drug-likeness (QED) is 0.0719. The lowest BCUT2D eigenvalue weighted by Gasteiger charge is -2.22. The average Bonchev–Trinajstić information content (AvgIpc) is 3.31. The summed E-state index contributed by atoms with van der Waals surface area (Å²) in [4.78, 5) is 72.5. The van der Waals surface area contributed by atoms with Gasteiger partial charge in [0, 0.05) is 20.6 Å². The second-order valence-corrected chi connectivity index (χ2v) is 17.7. The predicted molar refractivity (Wildman–Crippen MR) is 249 cm³/mol. The van der Waals surface area contributed by atoms with Gasteiger partial charge in [-0.1, -0.05) is 70.5 Å². The Balaban J connectivity index is 0.000000167. The molecular formula is C54H28BrF9O9. The summed E-state index contributed by atoms with van der Waals surface area (Å²) in [6.45, 7) is 3.69. The van der Waals surface area contributed by atoms with Crippen molar-refractivity contribution >= 4 is 84.1 Å². The van der Waals surface area contributed by atoms with Gasteiger partial charge in [0.15, 0.2) is 0 Å². The van der Waals surface area contributed by atoms with Gasteiger partial charge in [-0.25, -0.2) is 28.8 Å². The molecular weight excluding hydrogens is 1040 g/mol. The number of halogens is 10. The second-order valence-electron chi connectivity index (χ2n) is 16.8. The molecule has 0 bridgehead atoms. The highest BCUT2D eigenvalue weighted by Gasteiger charge is 2.39. The molecule has 0 spiro atoms. The van der Waals surface area contributed by atoms with Crippen LogP contribution >= 0.6 is 15.9 Å². The lowest BCUT2D eigenvalue weighted by atomic mass is 9.85. The maximum Gasteiger partial charge on any atom is 0.417 e. The number of ether oxygens (including phenoxy) is 3. The van der Waals surface area contributed by atoms with Crippen LogP contribution in [0.25, 0.3) is 54.6 Å². The number of hydrogen-bond acceptors (Lipinski definition) is 9. The Morgan fingerprint density at radius 3 is 1.03 bits per heavy atom. The standard InChI is InChI=1S/C32H15F3O6.C12H5BrO3.C10H8F6/c1-14-12-24(16-9-11-22-27-18(16)5-3-7-20(27)29(37)41-31(22)39)25(32(33,34)35)13-23(14)15-8-10-21-26-17(15)4-2-6-19(26)28(36)40-30(21)38;13-9-5-4-8-10-6(9)2-1-3-7(10)11(14)16-12(8)15;1-5-3-8(10(14,15)16)6(2)4-7(5)9(11,12)13/h2-13H,1H3;1-5H;3-4H,1-2H3. The molecule has 0 unspecified atom stereocenters. The van der Waals surface area contributed by atoms with E-state index in [-0.39, 0.29) is 44.3 Å². The Kier molecular flexibility index (Phi) is 12.2. The average molecular weight is 1070 g/mol. The van der Waals surface area contributed by atoms with Crippen molar-refractivity contribution < 1.29 is 82.5 Å². The molecule has 0 fully saturated rings. The van der Waals surface area contributed by atoms with E-state index in [0.717, 1.165) is 29.8 Å². The largest absolute Gasteiger partial charge is 0.417 e. The molecule has 0 atom stereocenters. The molecule has 0 aromatic heterocycles. The molecule has 9 nitrogen and oxygen atoms in total. The summed E-state index contributed by atoms with van der Waals surface area (Å²) in [5.74, 6) is -4.53. The molecule has 0 amide bonds. The van der Waals surface area contributed by atoms with E-state index in [9.17, 15) is 68.3 Å². The molecule has 3 aliphatic heterocycles. The number of aryl methyl sites for hydroxylation is 3. The van der Waals surface area contributed by atoms with E-state index < -0.39 is 82.2 Å². The van der Waals surface area contributed by atoms with E-state index in [2.05, 4.69) is 20.7 Å². The minimum Gasteiger partial charge on any atom is -0.386 e. The van der Waals surface area contributed by atoms with Crippen LogP contribution in [0.15, 0.2) is 120 Å². The van der Waals surface area contributed by atoms with Crippen LogP contribution in [-0.2, 0) is 32.7 Å². The maximum absolute atomic E-state index is 14.7. The van der Waals surface area contributed by atoms with Crippen LogP contribution < -0.4 is 0 Å². The van der Waals surface area contributed by atoms with Crippen LogP contribution in [0, 0.1) is 20.8 Å². The van der Waals surface area contributed by atoms with Gasteiger partial charge in [-0.2, -0.15) is 39.5 Å². The van der Waals surface area contributed by atoms with Gasteiger partial charge in [-0.15, -0.1) is 0 Å². The molecule has 0 N–H and O–H groups in total. The number of cyclic esters (lactones) is 6. The smallest absolute Gasteiger partial charge is 0.386 e. The first-order valence-corrected chi connectivity index (χ1v) is 22.2. The number of carbonyl (C=O) groups excluding carboxylic acids is 6. The molecule has 0 saturated carbocycles. The number of hydrogen-bond donors (Lipinski definition) is 0. The molecule has 73 heavy (non-hydrogen) atoms. The zero-order valence-corrected chi connectivity index (χ0v) is 39.0. The van der Waals surface area contributed by atoms with Crippen molar-refractivity contribution in [3.05, 3.63) is 186 Å². The Hall–Kier alpha value is -8.19. The van der Waals surface area contributed by atoms with Crippen molar-refractivity contribution in [3.8, 4) is 22.3 Å². The van der Waals surface area contributed by atoms with Crippen LogP contribution in [0.1, 0.15) is 95.5 Å². The van der Waals surface area contributed by atoms with Crippen molar-refractivity contribution in [3.63, 3.8) is 0 Å². The van der Waals surface area contributed by atoms with Crippen molar-refractivity contribution in [1.82, 2.24) is 0 Å². The van der Waals surface area contributed by atoms with Gasteiger partial charge in [-0.3, -0.25) is 0 Å². The van der Waals surface area contributed by atoms with Gasteiger partial charge in [-0.05, 0) is 137 Å². The van der Waals surface area contributed by atoms with E-state index in [4.69, 9.17) is 9.47 Å². The van der Waals surface area contributed by atoms with Gasteiger partial charge >= 0.3 is 54.3 Å². The van der Waals surface area contributed by atoms with Crippen LogP contribution in [0.4, 0.5) is 39.5 Å². The number of benzene rings is 8. The number of alkyl halides is 9. The van der Waals surface area contributed by atoms with E-state index in [1.54, 1.807) is 55.5 Å². The minimum absolute atomic E-state index is 0.0951. The third-order valence-corrected chi connectivity index (χ3v) is 13.1. The summed E-state index contributed by atoms with van der Waals surface area (Å²) in [5, 5.41) is 2.82. The Morgan fingerprint density at radius 2 is 0.644 bits per heavy atom. The highest BCUT2D eigenvalue weighted by Crippen LogP contribution is 2.46.